The predicted octanol–water partition coefficient (Wildman–Crippen LogP) is 3.55. The Labute approximate surface area is 235 Å². The second kappa shape index (κ2) is 13.9. The lowest BCUT2D eigenvalue weighted by molar-refractivity contribution is -0.125. The molecule has 0 fully saturated rings. The Hall–Kier alpha value is -4.71. The van der Waals surface area contributed by atoms with Crippen LogP contribution in [0.25, 0.3) is 0 Å². The molecule has 40 heavy (non-hydrogen) atoms. The number of nitrogens with one attached hydrogen (secondary N) is 5. The van der Waals surface area contributed by atoms with E-state index in [1.165, 1.54) is 11.3 Å². The van der Waals surface area contributed by atoms with Gasteiger partial charge in [-0.25, -0.2) is 4.79 Å². The van der Waals surface area contributed by atoms with E-state index in [1.54, 1.807) is 56.5 Å². The van der Waals surface area contributed by atoms with Gasteiger partial charge in [0.2, 0.25) is 11.8 Å². The summed E-state index contributed by atoms with van der Waals surface area (Å²) in [7, 11) is 0. The first-order chi connectivity index (χ1) is 19.0. The number of rotatable bonds is 10. The molecule has 11 nitrogen and oxygen atoms in total. The van der Waals surface area contributed by atoms with Gasteiger partial charge in [0.1, 0.15) is 22.9 Å². The Kier molecular flexibility index (Phi) is 10.4. The van der Waals surface area contributed by atoms with E-state index in [4.69, 9.17) is 14.9 Å². The number of thiophene rings is 1. The van der Waals surface area contributed by atoms with Gasteiger partial charge in [-0.2, -0.15) is 0 Å². The predicted molar refractivity (Wildman–Crippen MR) is 151 cm³/mol. The molecule has 0 unspecified atom stereocenters. The van der Waals surface area contributed by atoms with Crippen molar-refractivity contribution in [3.8, 4) is 11.5 Å². The summed E-state index contributed by atoms with van der Waals surface area (Å²) in [6.45, 7) is 4.79. The van der Waals surface area contributed by atoms with Gasteiger partial charge in [0, 0.05) is 21.4 Å². The van der Waals surface area contributed by atoms with Crippen molar-refractivity contribution in [2.24, 2.45) is 0 Å². The first kappa shape index (κ1) is 29.8. The fourth-order valence-corrected chi connectivity index (χ4v) is 3.95. The third-order valence-corrected chi connectivity index (χ3v) is 5.92. The number of carbonyl (C=O) groups is 4. The van der Waals surface area contributed by atoms with Gasteiger partial charge in [0.05, 0.1) is 19.6 Å². The molecule has 0 atom stereocenters. The normalized spacial score (nSPS) is 10.7. The highest BCUT2D eigenvalue weighted by molar-refractivity contribution is 7.10. The molecule has 0 aliphatic rings. The molecule has 1 heterocycles. The molecule has 0 saturated heterocycles. The number of hydrogen-bond acceptors (Lipinski definition) is 8. The largest absolute Gasteiger partial charge is 0.457 e. The van der Waals surface area contributed by atoms with Crippen LogP contribution in [0, 0.1) is 5.41 Å². The van der Waals surface area contributed by atoms with Gasteiger partial charge in [-0.15, -0.1) is 11.3 Å². The first-order valence-corrected chi connectivity index (χ1v) is 13.2. The van der Waals surface area contributed by atoms with Crippen molar-refractivity contribution in [1.82, 2.24) is 21.3 Å². The number of alkyl carbamates (subject to hydrolysis) is 1. The molecule has 1 aromatic heterocycles. The Morgan fingerprint density at radius 3 is 2.12 bits per heavy atom. The van der Waals surface area contributed by atoms with Crippen molar-refractivity contribution in [3.05, 3.63) is 82.0 Å². The average Bonchev–Trinajstić information content (AvgIpc) is 3.38. The Morgan fingerprint density at radius 1 is 0.825 bits per heavy atom. The molecular formula is C28H31N5O6S. The number of hydrogen-bond donors (Lipinski definition) is 5. The first-order valence-electron chi connectivity index (χ1n) is 12.3. The summed E-state index contributed by atoms with van der Waals surface area (Å²) in [4.78, 5) is 49.1. The summed E-state index contributed by atoms with van der Waals surface area (Å²) >= 11 is 1.30. The molecule has 2 aromatic carbocycles. The standard InChI is InChI=1S/C28H31N5O6S/c1-28(2,3)39-27(37)33-25(29)19-13-22(40-17-19)14-30-23(34)15-31-24(35)16-32-26(36)18-9-11-21(12-10-18)38-20-7-5-4-6-8-20/h4-13,17H,14-16H2,1-3H3,(H,30,34)(H,31,35)(H,32,36)(H2,29,33,37). The van der Waals surface area contributed by atoms with E-state index >= 15 is 0 Å². The minimum atomic E-state index is -0.725. The Morgan fingerprint density at radius 2 is 1.45 bits per heavy atom. The molecule has 0 saturated carbocycles. The Balaban J connectivity index is 1.34. The molecule has 3 rings (SSSR count). The van der Waals surface area contributed by atoms with Crippen LogP contribution in [0.3, 0.4) is 0 Å². The van der Waals surface area contributed by atoms with Crippen molar-refractivity contribution in [2.45, 2.75) is 32.9 Å². The lowest BCUT2D eigenvalue weighted by Crippen LogP contribution is -2.41. The summed E-state index contributed by atoms with van der Waals surface area (Å²) in [6.07, 6.45) is -0.725. The number of amides is 4. The molecule has 0 radical (unpaired) electrons. The highest BCUT2D eigenvalue weighted by Crippen LogP contribution is 2.21. The van der Waals surface area contributed by atoms with Crippen molar-refractivity contribution in [3.63, 3.8) is 0 Å². The minimum absolute atomic E-state index is 0.117. The lowest BCUT2D eigenvalue weighted by atomic mass is 10.2. The van der Waals surface area contributed by atoms with Gasteiger partial charge in [0.15, 0.2) is 0 Å². The maximum Gasteiger partial charge on any atom is 0.413 e. The highest BCUT2D eigenvalue weighted by atomic mass is 32.1. The average molecular weight is 566 g/mol. The molecule has 3 aromatic rings. The number of benzene rings is 2. The van der Waals surface area contributed by atoms with Crippen molar-refractivity contribution in [1.29, 1.82) is 5.41 Å². The van der Waals surface area contributed by atoms with Crippen LogP contribution < -0.4 is 26.0 Å². The molecule has 0 spiro atoms. The van der Waals surface area contributed by atoms with E-state index in [2.05, 4.69) is 21.3 Å². The second-order valence-electron chi connectivity index (χ2n) is 9.48. The van der Waals surface area contributed by atoms with Crippen molar-refractivity contribution in [2.75, 3.05) is 13.1 Å². The number of ether oxygens (including phenoxy) is 2. The van der Waals surface area contributed by atoms with Gasteiger partial charge in [-0.1, -0.05) is 18.2 Å². The van der Waals surface area contributed by atoms with Crippen LogP contribution in [-0.4, -0.2) is 48.3 Å². The molecular weight excluding hydrogens is 534 g/mol. The summed E-state index contributed by atoms with van der Waals surface area (Å²) < 4.78 is 10.8. The molecule has 210 valence electrons. The lowest BCUT2D eigenvalue weighted by Gasteiger charge is -2.19. The number of carbonyl (C=O) groups excluding carboxylic acids is 4. The topological polar surface area (TPSA) is 159 Å². The van der Waals surface area contributed by atoms with Crippen molar-refractivity contribution >= 4 is 41.0 Å². The van der Waals surface area contributed by atoms with E-state index in [-0.39, 0.29) is 25.5 Å². The fraction of sp³-hybridized carbons (Fsp3) is 0.250. The van der Waals surface area contributed by atoms with Gasteiger partial charge in [-0.05, 0) is 63.2 Å². The van der Waals surface area contributed by atoms with E-state index < -0.39 is 29.4 Å². The highest BCUT2D eigenvalue weighted by Gasteiger charge is 2.18. The minimum Gasteiger partial charge on any atom is -0.457 e. The zero-order valence-electron chi connectivity index (χ0n) is 22.3. The van der Waals surface area contributed by atoms with Crippen LogP contribution in [0.15, 0.2) is 66.0 Å². The summed E-state index contributed by atoms with van der Waals surface area (Å²) in [5, 5.41) is 19.7. The third-order valence-electron chi connectivity index (χ3n) is 4.98. The molecule has 0 aliphatic heterocycles. The smallest absolute Gasteiger partial charge is 0.413 e. The zero-order valence-corrected chi connectivity index (χ0v) is 23.1. The van der Waals surface area contributed by atoms with Crippen LogP contribution in [0.4, 0.5) is 4.79 Å². The second-order valence-corrected chi connectivity index (χ2v) is 10.5. The van der Waals surface area contributed by atoms with Crippen LogP contribution in [0.2, 0.25) is 0 Å². The van der Waals surface area contributed by atoms with E-state index in [1.807, 2.05) is 30.3 Å². The van der Waals surface area contributed by atoms with Gasteiger partial charge >= 0.3 is 6.09 Å². The van der Waals surface area contributed by atoms with Crippen molar-refractivity contribution < 1.29 is 28.7 Å². The van der Waals surface area contributed by atoms with E-state index in [0.717, 1.165) is 4.88 Å². The molecule has 0 bridgehead atoms. The van der Waals surface area contributed by atoms with Gasteiger partial charge in [0.25, 0.3) is 5.91 Å². The fourth-order valence-electron chi connectivity index (χ4n) is 3.13. The van der Waals surface area contributed by atoms with Crippen LogP contribution in [-0.2, 0) is 20.9 Å². The molecule has 4 amide bonds. The van der Waals surface area contributed by atoms with E-state index in [0.29, 0.717) is 22.6 Å². The molecule has 12 heteroatoms. The molecule has 5 N–H and O–H groups in total. The zero-order chi connectivity index (χ0) is 29.1. The van der Waals surface area contributed by atoms with Crippen LogP contribution in [0.5, 0.6) is 11.5 Å². The summed E-state index contributed by atoms with van der Waals surface area (Å²) in [5.41, 5.74) is 0.152. The van der Waals surface area contributed by atoms with Crippen LogP contribution in [0.1, 0.15) is 41.6 Å². The van der Waals surface area contributed by atoms with Gasteiger partial charge in [-0.3, -0.25) is 25.1 Å². The van der Waals surface area contributed by atoms with Crippen LogP contribution >= 0.6 is 11.3 Å². The Bertz CT molecular complexity index is 1350. The summed E-state index contributed by atoms with van der Waals surface area (Å²) in [6, 6.07) is 17.4. The SMILES string of the molecule is CC(C)(C)OC(=O)NC(=N)c1csc(CNC(=O)CNC(=O)CNC(=O)c2ccc(Oc3ccccc3)cc2)c1. The van der Waals surface area contributed by atoms with Gasteiger partial charge < -0.3 is 25.4 Å². The maximum absolute atomic E-state index is 12.3. The monoisotopic (exact) mass is 565 g/mol. The number of amidine groups is 1. The maximum atomic E-state index is 12.3. The quantitative estimate of drug-likeness (QED) is 0.187. The van der Waals surface area contributed by atoms with E-state index in [9.17, 15) is 19.2 Å². The molecule has 0 aliphatic carbocycles. The number of para-hydroxylation sites is 1. The summed E-state index contributed by atoms with van der Waals surface area (Å²) in [5.74, 6) is -0.257. The third kappa shape index (κ3) is 10.2.